The molecule has 2 N–H and O–H groups in total. The number of benzene rings is 4. The van der Waals surface area contributed by atoms with Crippen LogP contribution >= 0.6 is 0 Å². The number of carbonyl (C=O) groups is 2. The molecule has 0 heterocycles. The number of aromatic hydroxyl groups is 1. The van der Waals surface area contributed by atoms with Crippen LogP contribution in [-0.4, -0.2) is 23.6 Å². The second-order valence-electron chi connectivity index (χ2n) is 8.91. The molecular formula is C31H31NO4. The number of nitrogens with one attached hydrogen (secondary N) is 1. The Labute approximate surface area is 211 Å². The van der Waals surface area contributed by atoms with E-state index in [0.717, 1.165) is 33.0 Å². The lowest BCUT2D eigenvalue weighted by Crippen LogP contribution is -2.27. The largest absolute Gasteiger partial charge is 0.507 e. The third-order valence-corrected chi connectivity index (χ3v) is 6.30. The number of fused-ring (bicyclic) bond motifs is 1. The van der Waals surface area contributed by atoms with Crippen molar-refractivity contribution in [2.75, 3.05) is 6.61 Å². The Morgan fingerprint density at radius 3 is 2.36 bits per heavy atom. The quantitative estimate of drug-likeness (QED) is 0.282. The Morgan fingerprint density at radius 2 is 1.58 bits per heavy atom. The summed E-state index contributed by atoms with van der Waals surface area (Å²) in [5.74, 6) is -0.550. The minimum absolute atomic E-state index is 0.0457. The van der Waals surface area contributed by atoms with Crippen LogP contribution in [0.5, 0.6) is 5.75 Å². The molecule has 0 unspecified atom stereocenters. The number of ether oxygens (including phenoxy) is 1. The van der Waals surface area contributed by atoms with E-state index in [1.807, 2.05) is 67.6 Å². The van der Waals surface area contributed by atoms with Gasteiger partial charge in [0.2, 0.25) is 0 Å². The molecule has 0 saturated heterocycles. The summed E-state index contributed by atoms with van der Waals surface area (Å²) in [5.41, 5.74) is 4.36. The first-order valence-corrected chi connectivity index (χ1v) is 12.3. The van der Waals surface area contributed by atoms with Crippen molar-refractivity contribution in [1.29, 1.82) is 0 Å². The van der Waals surface area contributed by atoms with Gasteiger partial charge in [0.05, 0.1) is 18.2 Å². The van der Waals surface area contributed by atoms with Crippen molar-refractivity contribution in [3.63, 3.8) is 0 Å². The minimum Gasteiger partial charge on any atom is -0.507 e. The van der Waals surface area contributed by atoms with Crippen molar-refractivity contribution in [1.82, 2.24) is 5.32 Å². The first kappa shape index (κ1) is 25.0. The van der Waals surface area contributed by atoms with Crippen LogP contribution in [-0.2, 0) is 22.4 Å². The van der Waals surface area contributed by atoms with Crippen LogP contribution in [0, 0.1) is 0 Å². The summed E-state index contributed by atoms with van der Waals surface area (Å²) in [7, 11) is 0. The van der Waals surface area contributed by atoms with E-state index in [2.05, 4.69) is 17.4 Å². The lowest BCUT2D eigenvalue weighted by atomic mass is 9.98. The number of phenolic OH excluding ortho intramolecular Hbond substituents is 1. The molecule has 0 aliphatic carbocycles. The first-order chi connectivity index (χ1) is 17.4. The third-order valence-electron chi connectivity index (χ3n) is 6.30. The number of phenols is 1. The second kappa shape index (κ2) is 11.5. The Morgan fingerprint density at radius 1 is 0.889 bits per heavy atom. The standard InChI is InChI=1S/C31H31NO4/c1-3-36-30(34)18-16-22-11-13-23(14-12-22)19-24-15-17-29(33)28(20-24)31(35)32-21(2)26-10-6-8-25-7-4-5-9-27(25)26/h4-15,17,20-21,33H,3,16,18-19H2,1-2H3,(H,32,35)/t21-/m1/s1. The molecule has 184 valence electrons. The maximum absolute atomic E-state index is 13.1. The van der Waals surface area contributed by atoms with Crippen LogP contribution in [0.1, 0.15) is 58.9 Å². The van der Waals surface area contributed by atoms with Gasteiger partial charge in [-0.15, -0.1) is 0 Å². The van der Waals surface area contributed by atoms with E-state index in [4.69, 9.17) is 4.74 Å². The lowest BCUT2D eigenvalue weighted by molar-refractivity contribution is -0.143. The molecule has 0 bridgehead atoms. The van der Waals surface area contributed by atoms with Crippen molar-refractivity contribution < 1.29 is 19.4 Å². The summed E-state index contributed by atoms with van der Waals surface area (Å²) in [5, 5.41) is 15.7. The fourth-order valence-electron chi connectivity index (χ4n) is 4.39. The molecule has 0 spiro atoms. The fraction of sp³-hybridized carbons (Fsp3) is 0.226. The van der Waals surface area contributed by atoms with Gasteiger partial charge in [0.15, 0.2) is 0 Å². The molecule has 0 aliphatic heterocycles. The predicted molar refractivity (Wildman–Crippen MR) is 142 cm³/mol. The van der Waals surface area contributed by atoms with Gasteiger partial charge in [0.1, 0.15) is 5.75 Å². The van der Waals surface area contributed by atoms with Gasteiger partial charge in [-0.05, 0) is 71.8 Å². The zero-order valence-corrected chi connectivity index (χ0v) is 20.7. The molecule has 0 aromatic heterocycles. The van der Waals surface area contributed by atoms with Gasteiger partial charge in [-0.25, -0.2) is 0 Å². The van der Waals surface area contributed by atoms with Gasteiger partial charge < -0.3 is 15.2 Å². The molecule has 4 aromatic carbocycles. The van der Waals surface area contributed by atoms with E-state index in [1.54, 1.807) is 19.1 Å². The number of hydrogen-bond acceptors (Lipinski definition) is 4. The zero-order chi connectivity index (χ0) is 25.5. The molecule has 1 amide bonds. The molecular weight excluding hydrogens is 450 g/mol. The van der Waals surface area contributed by atoms with Crippen molar-refractivity contribution in [3.05, 3.63) is 113 Å². The molecule has 0 fully saturated rings. The Kier molecular flexibility index (Phi) is 8.01. The van der Waals surface area contributed by atoms with Crippen LogP contribution in [0.25, 0.3) is 10.8 Å². The highest BCUT2D eigenvalue weighted by molar-refractivity contribution is 5.97. The average Bonchev–Trinajstić information content (AvgIpc) is 2.89. The predicted octanol–water partition coefficient (Wildman–Crippen LogP) is 6.12. The van der Waals surface area contributed by atoms with Crippen molar-refractivity contribution in [2.24, 2.45) is 0 Å². The lowest BCUT2D eigenvalue weighted by Gasteiger charge is -2.17. The SMILES string of the molecule is CCOC(=O)CCc1ccc(Cc2ccc(O)c(C(=O)N[C@H](C)c3cccc4ccccc34)c2)cc1. The fourth-order valence-corrected chi connectivity index (χ4v) is 4.39. The number of rotatable bonds is 9. The average molecular weight is 482 g/mol. The number of hydrogen-bond donors (Lipinski definition) is 2. The maximum atomic E-state index is 13.1. The van der Waals surface area contributed by atoms with Crippen molar-refractivity contribution in [2.45, 2.75) is 39.2 Å². The monoisotopic (exact) mass is 481 g/mol. The van der Waals surface area contributed by atoms with E-state index < -0.39 is 0 Å². The van der Waals surface area contributed by atoms with E-state index in [9.17, 15) is 14.7 Å². The van der Waals surface area contributed by atoms with Crippen LogP contribution in [0.4, 0.5) is 0 Å². The van der Waals surface area contributed by atoms with Crippen molar-refractivity contribution >= 4 is 22.6 Å². The highest BCUT2D eigenvalue weighted by Gasteiger charge is 2.17. The molecule has 0 saturated carbocycles. The molecule has 5 heteroatoms. The Bertz CT molecular complexity index is 1360. The summed E-state index contributed by atoms with van der Waals surface area (Å²) >= 11 is 0. The van der Waals surface area contributed by atoms with Crippen LogP contribution in [0.3, 0.4) is 0 Å². The van der Waals surface area contributed by atoms with E-state index in [-0.39, 0.29) is 29.2 Å². The molecule has 36 heavy (non-hydrogen) atoms. The second-order valence-corrected chi connectivity index (χ2v) is 8.91. The van der Waals surface area contributed by atoms with Crippen LogP contribution in [0.15, 0.2) is 84.9 Å². The van der Waals surface area contributed by atoms with Crippen LogP contribution in [0.2, 0.25) is 0 Å². The Hall–Kier alpha value is -4.12. The first-order valence-electron chi connectivity index (χ1n) is 12.3. The highest BCUT2D eigenvalue weighted by atomic mass is 16.5. The molecule has 0 aliphatic rings. The highest BCUT2D eigenvalue weighted by Crippen LogP contribution is 2.26. The van der Waals surface area contributed by atoms with Crippen molar-refractivity contribution in [3.8, 4) is 5.75 Å². The Balaban J connectivity index is 1.43. The van der Waals surface area contributed by atoms with Gasteiger partial charge in [-0.1, -0.05) is 72.8 Å². The van der Waals surface area contributed by atoms with Gasteiger partial charge in [0.25, 0.3) is 5.91 Å². The molecule has 4 rings (SSSR count). The number of amides is 1. The number of aryl methyl sites for hydroxylation is 1. The van der Waals surface area contributed by atoms with E-state index in [0.29, 0.717) is 25.9 Å². The molecule has 4 aromatic rings. The van der Waals surface area contributed by atoms with E-state index >= 15 is 0 Å². The topological polar surface area (TPSA) is 75.6 Å². The smallest absolute Gasteiger partial charge is 0.306 e. The van der Waals surface area contributed by atoms with E-state index in [1.165, 1.54) is 0 Å². The normalized spacial score (nSPS) is 11.7. The summed E-state index contributed by atoms with van der Waals surface area (Å²) < 4.78 is 4.98. The van der Waals surface area contributed by atoms with Gasteiger partial charge in [-0.2, -0.15) is 0 Å². The molecule has 0 radical (unpaired) electrons. The maximum Gasteiger partial charge on any atom is 0.306 e. The molecule has 1 atom stereocenters. The van der Waals surface area contributed by atoms with Crippen LogP contribution < -0.4 is 5.32 Å². The number of esters is 1. The van der Waals surface area contributed by atoms with Gasteiger partial charge in [-0.3, -0.25) is 9.59 Å². The summed E-state index contributed by atoms with van der Waals surface area (Å²) in [4.78, 5) is 24.7. The molecule has 5 nitrogen and oxygen atoms in total. The minimum atomic E-state index is -0.316. The summed E-state index contributed by atoms with van der Waals surface area (Å²) in [6, 6.07) is 27.1. The zero-order valence-electron chi connectivity index (χ0n) is 20.7. The summed E-state index contributed by atoms with van der Waals surface area (Å²) in [6.07, 6.45) is 1.62. The summed E-state index contributed by atoms with van der Waals surface area (Å²) in [6.45, 7) is 4.15. The van der Waals surface area contributed by atoms with Gasteiger partial charge in [0, 0.05) is 6.42 Å². The third kappa shape index (κ3) is 6.11. The van der Waals surface area contributed by atoms with Gasteiger partial charge >= 0.3 is 5.97 Å². The number of carbonyl (C=O) groups excluding carboxylic acids is 2.